The van der Waals surface area contributed by atoms with Crippen LogP contribution in [0, 0.1) is 5.41 Å². The molecule has 3 N–H and O–H groups in total. The van der Waals surface area contributed by atoms with Gasteiger partial charge in [-0.15, -0.1) is 0 Å². The molecule has 0 spiro atoms. The first kappa shape index (κ1) is 14.8. The average Bonchev–Trinajstić information content (AvgIpc) is 2.68. The van der Waals surface area contributed by atoms with Crippen LogP contribution in [0.1, 0.15) is 68.9 Å². The highest BCUT2D eigenvalue weighted by Crippen LogP contribution is 2.37. The summed E-state index contributed by atoms with van der Waals surface area (Å²) in [5.74, 6) is 0.626. The molecule has 0 aliphatic heterocycles. The Morgan fingerprint density at radius 1 is 1.45 bits per heavy atom. The number of rotatable bonds is 3. The van der Waals surface area contributed by atoms with Gasteiger partial charge in [0.15, 0.2) is 0 Å². The van der Waals surface area contributed by atoms with Crippen molar-refractivity contribution in [2.24, 2.45) is 5.41 Å². The van der Waals surface area contributed by atoms with Gasteiger partial charge in [-0.2, -0.15) is 0 Å². The predicted molar refractivity (Wildman–Crippen MR) is 81.6 cm³/mol. The van der Waals surface area contributed by atoms with Crippen LogP contribution in [0.5, 0.6) is 0 Å². The minimum absolute atomic E-state index is 0.0408. The fourth-order valence-electron chi connectivity index (χ4n) is 2.84. The van der Waals surface area contributed by atoms with E-state index in [9.17, 15) is 4.79 Å². The lowest BCUT2D eigenvalue weighted by molar-refractivity contribution is 0.0910. The zero-order valence-corrected chi connectivity index (χ0v) is 12.9. The van der Waals surface area contributed by atoms with Crippen LogP contribution in [0.3, 0.4) is 0 Å². The van der Waals surface area contributed by atoms with Crippen LogP contribution >= 0.6 is 0 Å². The number of pyridine rings is 1. The Morgan fingerprint density at radius 2 is 2.15 bits per heavy atom. The second-order valence-electron chi connectivity index (χ2n) is 6.77. The van der Waals surface area contributed by atoms with E-state index in [1.54, 1.807) is 6.07 Å². The van der Waals surface area contributed by atoms with E-state index in [0.717, 1.165) is 18.5 Å². The van der Waals surface area contributed by atoms with Crippen molar-refractivity contribution in [1.82, 2.24) is 10.3 Å². The number of nitrogen functional groups attached to an aromatic ring is 1. The minimum Gasteiger partial charge on any atom is -0.384 e. The topological polar surface area (TPSA) is 68.0 Å². The second-order valence-corrected chi connectivity index (χ2v) is 6.77. The molecule has 1 aliphatic rings. The van der Waals surface area contributed by atoms with Gasteiger partial charge in [0.25, 0.3) is 5.91 Å². The van der Waals surface area contributed by atoms with E-state index >= 15 is 0 Å². The number of nitrogens with two attached hydrogens (primary N) is 1. The summed E-state index contributed by atoms with van der Waals surface area (Å²) in [6, 6.07) is 3.74. The number of carbonyl (C=O) groups excluding carboxylic acids is 1. The van der Waals surface area contributed by atoms with Crippen molar-refractivity contribution < 1.29 is 4.79 Å². The van der Waals surface area contributed by atoms with Crippen LogP contribution in [-0.2, 0) is 0 Å². The molecule has 20 heavy (non-hydrogen) atoms. The molecule has 1 aliphatic carbocycles. The SMILES string of the molecule is CC(C)c1cc(C(=O)NC2CCCC2(C)C)cc(N)n1. The number of carbonyl (C=O) groups is 1. The summed E-state index contributed by atoms with van der Waals surface area (Å²) >= 11 is 0. The molecule has 4 heteroatoms. The van der Waals surface area contributed by atoms with Gasteiger partial charge in [-0.05, 0) is 36.3 Å². The molecule has 1 aromatic heterocycles. The largest absolute Gasteiger partial charge is 0.384 e. The standard InChI is InChI=1S/C16H25N3O/c1-10(2)12-8-11(9-14(17)18-12)15(20)19-13-6-5-7-16(13,3)4/h8-10,13H,5-7H2,1-4H3,(H2,17,18)(H,19,20). The maximum absolute atomic E-state index is 12.4. The van der Waals surface area contributed by atoms with Gasteiger partial charge in [-0.3, -0.25) is 4.79 Å². The van der Waals surface area contributed by atoms with Crippen molar-refractivity contribution in [3.8, 4) is 0 Å². The van der Waals surface area contributed by atoms with E-state index in [1.165, 1.54) is 6.42 Å². The second kappa shape index (κ2) is 5.43. The summed E-state index contributed by atoms with van der Waals surface area (Å²) in [6.07, 6.45) is 3.39. The van der Waals surface area contributed by atoms with Gasteiger partial charge in [-0.25, -0.2) is 4.98 Å². The molecule has 1 fully saturated rings. The molecule has 1 amide bonds. The first-order valence-corrected chi connectivity index (χ1v) is 7.38. The summed E-state index contributed by atoms with van der Waals surface area (Å²) in [5.41, 5.74) is 7.46. The third-order valence-corrected chi connectivity index (χ3v) is 4.28. The van der Waals surface area contributed by atoms with E-state index in [-0.39, 0.29) is 23.3 Å². The Kier molecular flexibility index (Phi) is 4.02. The highest BCUT2D eigenvalue weighted by Gasteiger charge is 2.35. The van der Waals surface area contributed by atoms with Gasteiger partial charge in [-0.1, -0.05) is 34.1 Å². The van der Waals surface area contributed by atoms with Crippen LogP contribution in [0.25, 0.3) is 0 Å². The highest BCUT2D eigenvalue weighted by molar-refractivity contribution is 5.95. The summed E-state index contributed by atoms with van der Waals surface area (Å²) in [7, 11) is 0. The Morgan fingerprint density at radius 3 is 2.70 bits per heavy atom. The summed E-state index contributed by atoms with van der Waals surface area (Å²) < 4.78 is 0. The lowest BCUT2D eigenvalue weighted by atomic mass is 9.87. The Bertz CT molecular complexity index is 508. The van der Waals surface area contributed by atoms with Crippen LogP contribution in [0.15, 0.2) is 12.1 Å². The Balaban J connectivity index is 2.17. The molecule has 4 nitrogen and oxygen atoms in total. The molecule has 1 atom stereocenters. The molecule has 1 aromatic rings. The number of amides is 1. The zero-order chi connectivity index (χ0) is 14.9. The molecular weight excluding hydrogens is 250 g/mol. The predicted octanol–water partition coefficient (Wildman–Crippen LogP) is 3.10. The van der Waals surface area contributed by atoms with Crippen molar-refractivity contribution >= 4 is 11.7 Å². The fraction of sp³-hybridized carbons (Fsp3) is 0.625. The number of nitrogens with one attached hydrogen (secondary N) is 1. The van der Waals surface area contributed by atoms with E-state index in [1.807, 2.05) is 19.9 Å². The lowest BCUT2D eigenvalue weighted by Crippen LogP contribution is -2.41. The fourth-order valence-corrected chi connectivity index (χ4v) is 2.84. The number of hydrogen-bond acceptors (Lipinski definition) is 3. The minimum atomic E-state index is -0.0408. The quantitative estimate of drug-likeness (QED) is 0.890. The summed E-state index contributed by atoms with van der Waals surface area (Å²) in [6.45, 7) is 8.52. The van der Waals surface area contributed by atoms with Crippen molar-refractivity contribution in [3.63, 3.8) is 0 Å². The first-order chi connectivity index (χ1) is 9.29. The van der Waals surface area contributed by atoms with Crippen molar-refractivity contribution in [3.05, 3.63) is 23.4 Å². The molecule has 1 unspecified atom stereocenters. The van der Waals surface area contributed by atoms with Gasteiger partial charge < -0.3 is 11.1 Å². The number of anilines is 1. The van der Waals surface area contributed by atoms with Crippen molar-refractivity contribution in [2.75, 3.05) is 5.73 Å². The molecule has 0 bridgehead atoms. The van der Waals surface area contributed by atoms with Crippen LogP contribution in [0.2, 0.25) is 0 Å². The molecule has 0 radical (unpaired) electrons. The molecule has 0 saturated heterocycles. The van der Waals surface area contributed by atoms with Crippen LogP contribution in [0.4, 0.5) is 5.82 Å². The highest BCUT2D eigenvalue weighted by atomic mass is 16.1. The van der Waals surface area contributed by atoms with Gasteiger partial charge in [0, 0.05) is 17.3 Å². The van der Waals surface area contributed by atoms with Crippen molar-refractivity contribution in [1.29, 1.82) is 0 Å². The van der Waals surface area contributed by atoms with E-state index < -0.39 is 0 Å². The Labute approximate surface area is 121 Å². The monoisotopic (exact) mass is 275 g/mol. The third kappa shape index (κ3) is 3.11. The van der Waals surface area contributed by atoms with Gasteiger partial charge in [0.2, 0.25) is 0 Å². The molecule has 1 heterocycles. The normalized spacial score (nSPS) is 21.1. The molecule has 0 aromatic carbocycles. The zero-order valence-electron chi connectivity index (χ0n) is 12.9. The van der Waals surface area contributed by atoms with Crippen LogP contribution < -0.4 is 11.1 Å². The molecule has 2 rings (SSSR count). The number of nitrogens with zero attached hydrogens (tertiary/aromatic N) is 1. The molecule has 110 valence electrons. The third-order valence-electron chi connectivity index (χ3n) is 4.28. The Hall–Kier alpha value is -1.58. The number of hydrogen-bond donors (Lipinski definition) is 2. The van der Waals surface area contributed by atoms with E-state index in [4.69, 9.17) is 5.73 Å². The van der Waals surface area contributed by atoms with Gasteiger partial charge >= 0.3 is 0 Å². The van der Waals surface area contributed by atoms with Crippen LogP contribution in [-0.4, -0.2) is 16.9 Å². The maximum Gasteiger partial charge on any atom is 0.251 e. The molecule has 1 saturated carbocycles. The first-order valence-electron chi connectivity index (χ1n) is 7.38. The summed E-state index contributed by atoms with van der Waals surface area (Å²) in [4.78, 5) is 16.7. The van der Waals surface area contributed by atoms with Crippen molar-refractivity contribution in [2.45, 2.75) is 58.9 Å². The average molecular weight is 275 g/mol. The van der Waals surface area contributed by atoms with Gasteiger partial charge in [0.1, 0.15) is 5.82 Å². The van der Waals surface area contributed by atoms with E-state index in [2.05, 4.69) is 24.1 Å². The molecular formula is C16H25N3O. The van der Waals surface area contributed by atoms with Gasteiger partial charge in [0.05, 0.1) is 0 Å². The lowest BCUT2D eigenvalue weighted by Gasteiger charge is -2.27. The van der Waals surface area contributed by atoms with E-state index in [0.29, 0.717) is 11.4 Å². The maximum atomic E-state index is 12.4. The summed E-state index contributed by atoms with van der Waals surface area (Å²) in [5, 5.41) is 3.16. The smallest absolute Gasteiger partial charge is 0.251 e. The number of aromatic nitrogens is 1.